The van der Waals surface area contributed by atoms with Crippen molar-refractivity contribution in [2.45, 2.75) is 56.4 Å². The van der Waals surface area contributed by atoms with Gasteiger partial charge in [0.25, 0.3) is 0 Å². The lowest BCUT2D eigenvalue weighted by molar-refractivity contribution is -0.157. The molecule has 0 radical (unpaired) electrons. The zero-order chi connectivity index (χ0) is 19.6. The maximum Gasteiger partial charge on any atom is 0.309 e. The molecular weight excluding hydrogens is 376 g/mol. The quantitative estimate of drug-likeness (QED) is 0.725. The fraction of sp³-hybridized carbons (Fsp3) is 0.632. The summed E-state index contributed by atoms with van der Waals surface area (Å²) in [7, 11) is -3.91. The largest absolute Gasteiger partial charge is 0.462 e. The summed E-state index contributed by atoms with van der Waals surface area (Å²) in [5.41, 5.74) is 0. The highest BCUT2D eigenvalue weighted by Crippen LogP contribution is 2.29. The SMILES string of the molecule is CC1CCCC(OC(=O)C2CCN(S(=O)(=O)c3ccc(F)c(F)c3)CC2)C1. The summed E-state index contributed by atoms with van der Waals surface area (Å²) in [5, 5.41) is 0. The minimum atomic E-state index is -3.91. The molecule has 1 saturated heterocycles. The molecule has 2 aliphatic rings. The topological polar surface area (TPSA) is 63.7 Å². The normalized spacial score (nSPS) is 25.3. The van der Waals surface area contributed by atoms with E-state index >= 15 is 0 Å². The van der Waals surface area contributed by atoms with Crippen LogP contribution in [0.3, 0.4) is 0 Å². The third kappa shape index (κ3) is 4.66. The standard InChI is InChI=1S/C19H25F2NO4S/c1-13-3-2-4-15(11-13)26-19(23)14-7-9-22(10-8-14)27(24,25)16-5-6-17(20)18(21)12-16/h5-6,12-15H,2-4,7-11H2,1H3. The second-order valence-electron chi connectivity index (χ2n) is 7.58. The highest BCUT2D eigenvalue weighted by atomic mass is 32.2. The van der Waals surface area contributed by atoms with Gasteiger partial charge in [-0.3, -0.25) is 4.79 Å². The van der Waals surface area contributed by atoms with Crippen molar-refractivity contribution in [3.05, 3.63) is 29.8 Å². The molecule has 1 saturated carbocycles. The average Bonchev–Trinajstić information content (AvgIpc) is 2.64. The molecule has 2 unspecified atom stereocenters. The van der Waals surface area contributed by atoms with Crippen LogP contribution in [-0.2, 0) is 19.6 Å². The number of hydrogen-bond donors (Lipinski definition) is 0. The molecule has 1 aliphatic carbocycles. The Hall–Kier alpha value is -1.54. The fourth-order valence-corrected chi connectivity index (χ4v) is 5.35. The summed E-state index contributed by atoms with van der Waals surface area (Å²) >= 11 is 0. The summed E-state index contributed by atoms with van der Waals surface area (Å²) in [5.74, 6) is -2.30. The van der Waals surface area contributed by atoms with E-state index in [1.807, 2.05) is 0 Å². The van der Waals surface area contributed by atoms with E-state index in [9.17, 15) is 22.0 Å². The van der Waals surface area contributed by atoms with Gasteiger partial charge in [0.2, 0.25) is 10.0 Å². The summed E-state index contributed by atoms with van der Waals surface area (Å²) in [6.07, 6.45) is 4.69. The summed E-state index contributed by atoms with van der Waals surface area (Å²) in [4.78, 5) is 12.1. The monoisotopic (exact) mass is 401 g/mol. The van der Waals surface area contributed by atoms with Crippen LogP contribution >= 0.6 is 0 Å². The molecule has 0 amide bonds. The number of hydrogen-bond acceptors (Lipinski definition) is 4. The molecule has 8 heteroatoms. The lowest BCUT2D eigenvalue weighted by atomic mass is 9.88. The third-order valence-electron chi connectivity index (χ3n) is 5.49. The Kier molecular flexibility index (Phi) is 6.15. The molecule has 1 aromatic carbocycles. The molecule has 5 nitrogen and oxygen atoms in total. The van der Waals surface area contributed by atoms with Crippen molar-refractivity contribution in [1.82, 2.24) is 4.31 Å². The van der Waals surface area contributed by atoms with Crippen molar-refractivity contribution < 1.29 is 26.7 Å². The number of nitrogens with zero attached hydrogens (tertiary/aromatic N) is 1. The lowest BCUT2D eigenvalue weighted by Gasteiger charge is -2.32. The number of carbonyl (C=O) groups excluding carboxylic acids is 1. The van der Waals surface area contributed by atoms with Crippen LogP contribution < -0.4 is 0 Å². The molecule has 3 rings (SSSR count). The fourth-order valence-electron chi connectivity index (χ4n) is 3.86. The molecule has 1 aliphatic heterocycles. The second-order valence-corrected chi connectivity index (χ2v) is 9.52. The lowest BCUT2D eigenvalue weighted by Crippen LogP contribution is -2.41. The second kappa shape index (κ2) is 8.22. The zero-order valence-electron chi connectivity index (χ0n) is 15.4. The number of esters is 1. The van der Waals surface area contributed by atoms with E-state index in [1.54, 1.807) is 0 Å². The Labute approximate surface area is 158 Å². The first kappa shape index (κ1) is 20.2. The number of benzene rings is 1. The van der Waals surface area contributed by atoms with E-state index in [0.717, 1.165) is 37.8 Å². The van der Waals surface area contributed by atoms with E-state index < -0.39 is 21.7 Å². The van der Waals surface area contributed by atoms with E-state index in [1.165, 1.54) is 4.31 Å². The van der Waals surface area contributed by atoms with Gasteiger partial charge in [-0.2, -0.15) is 4.31 Å². The first-order valence-electron chi connectivity index (χ1n) is 9.43. The van der Waals surface area contributed by atoms with Gasteiger partial charge in [0.1, 0.15) is 6.10 Å². The van der Waals surface area contributed by atoms with Crippen molar-refractivity contribution in [3.63, 3.8) is 0 Å². The number of sulfonamides is 1. The maximum absolute atomic E-state index is 13.4. The minimum absolute atomic E-state index is 0.0368. The number of carbonyl (C=O) groups is 1. The maximum atomic E-state index is 13.4. The first-order chi connectivity index (χ1) is 12.8. The molecule has 2 fully saturated rings. The van der Waals surface area contributed by atoms with Crippen molar-refractivity contribution in [2.75, 3.05) is 13.1 Å². The van der Waals surface area contributed by atoms with Gasteiger partial charge < -0.3 is 4.74 Å². The average molecular weight is 401 g/mol. The molecule has 0 bridgehead atoms. The molecule has 1 aromatic rings. The Morgan fingerprint density at radius 2 is 1.81 bits per heavy atom. The molecule has 1 heterocycles. The summed E-state index contributed by atoms with van der Waals surface area (Å²) in [6, 6.07) is 2.55. The van der Waals surface area contributed by atoms with E-state index in [0.29, 0.717) is 24.8 Å². The highest BCUT2D eigenvalue weighted by molar-refractivity contribution is 7.89. The summed E-state index contributed by atoms with van der Waals surface area (Å²) in [6.45, 7) is 2.46. The van der Waals surface area contributed by atoms with E-state index in [-0.39, 0.29) is 36.0 Å². The van der Waals surface area contributed by atoms with Gasteiger partial charge in [-0.15, -0.1) is 0 Å². The molecule has 0 spiro atoms. The first-order valence-corrected chi connectivity index (χ1v) is 10.9. The highest BCUT2D eigenvalue weighted by Gasteiger charge is 2.34. The van der Waals surface area contributed by atoms with Crippen molar-refractivity contribution in [3.8, 4) is 0 Å². The van der Waals surface area contributed by atoms with Crippen LogP contribution in [0.5, 0.6) is 0 Å². The van der Waals surface area contributed by atoms with E-state index in [2.05, 4.69) is 6.92 Å². The zero-order valence-corrected chi connectivity index (χ0v) is 16.2. The third-order valence-corrected chi connectivity index (χ3v) is 7.38. The Morgan fingerprint density at radius 3 is 2.44 bits per heavy atom. The van der Waals surface area contributed by atoms with Crippen molar-refractivity contribution in [1.29, 1.82) is 0 Å². The number of ether oxygens (including phenoxy) is 1. The smallest absolute Gasteiger partial charge is 0.309 e. The Bertz CT molecular complexity index is 791. The molecule has 150 valence electrons. The van der Waals surface area contributed by atoms with Gasteiger partial charge in [-0.05, 0) is 56.2 Å². The van der Waals surface area contributed by atoms with Gasteiger partial charge in [0, 0.05) is 13.1 Å². The Morgan fingerprint density at radius 1 is 1.11 bits per heavy atom. The van der Waals surface area contributed by atoms with Crippen LogP contribution in [0, 0.1) is 23.5 Å². The predicted molar refractivity (Wildman–Crippen MR) is 95.4 cm³/mol. The van der Waals surface area contributed by atoms with Crippen LogP contribution in [-0.4, -0.2) is 37.9 Å². The minimum Gasteiger partial charge on any atom is -0.462 e. The Balaban J connectivity index is 1.57. The van der Waals surface area contributed by atoms with Gasteiger partial charge >= 0.3 is 5.97 Å². The molecular formula is C19H25F2NO4S. The van der Waals surface area contributed by atoms with Gasteiger partial charge in [0.05, 0.1) is 10.8 Å². The van der Waals surface area contributed by atoms with Gasteiger partial charge in [0.15, 0.2) is 11.6 Å². The van der Waals surface area contributed by atoms with Gasteiger partial charge in [-0.25, -0.2) is 17.2 Å². The predicted octanol–water partition coefficient (Wildman–Crippen LogP) is 3.49. The van der Waals surface area contributed by atoms with Crippen LogP contribution in [0.4, 0.5) is 8.78 Å². The van der Waals surface area contributed by atoms with Crippen LogP contribution in [0.1, 0.15) is 45.4 Å². The van der Waals surface area contributed by atoms with Crippen molar-refractivity contribution >= 4 is 16.0 Å². The molecule has 27 heavy (non-hydrogen) atoms. The molecule has 0 aromatic heterocycles. The van der Waals surface area contributed by atoms with Crippen molar-refractivity contribution in [2.24, 2.45) is 11.8 Å². The number of piperidine rings is 1. The number of halogens is 2. The molecule has 2 atom stereocenters. The van der Waals surface area contributed by atoms with Crippen LogP contribution in [0.15, 0.2) is 23.1 Å². The van der Waals surface area contributed by atoms with E-state index in [4.69, 9.17) is 4.74 Å². The van der Waals surface area contributed by atoms with Crippen LogP contribution in [0.25, 0.3) is 0 Å². The molecule has 0 N–H and O–H groups in total. The number of rotatable bonds is 4. The van der Waals surface area contributed by atoms with Gasteiger partial charge in [-0.1, -0.05) is 13.3 Å². The van der Waals surface area contributed by atoms with Crippen LogP contribution in [0.2, 0.25) is 0 Å². The summed E-state index contributed by atoms with van der Waals surface area (Å²) < 4.78 is 58.5.